The fraction of sp³-hybridized carbons (Fsp3) is 0.455. The number of phosphoric acid groups is 3. The van der Waals surface area contributed by atoms with Crippen LogP contribution >= 0.6 is 35.7 Å². The minimum absolute atomic E-state index is 0.0464. The second-order valence-electron chi connectivity index (χ2n) is 5.88. The molecule has 1 fully saturated rings. The molecule has 0 aromatic carbocycles. The summed E-state index contributed by atoms with van der Waals surface area (Å²) in [6.07, 6.45) is 1.45. The molecule has 20 heteroatoms. The zero-order valence-electron chi connectivity index (χ0n) is 14.9. The lowest BCUT2D eigenvalue weighted by atomic mass is 9.97. The molecular weight excluding hydrogens is 507 g/mol. The van der Waals surface area contributed by atoms with Crippen LogP contribution in [-0.2, 0) is 31.6 Å². The summed E-state index contributed by atoms with van der Waals surface area (Å²) in [7, 11) is -16.9. The highest BCUT2D eigenvalue weighted by Gasteiger charge is 2.56. The molecule has 1 aliphatic rings. The third-order valence-corrected chi connectivity index (χ3v) is 7.74. The van der Waals surface area contributed by atoms with Gasteiger partial charge in [-0.3, -0.25) is 9.09 Å². The smallest absolute Gasteiger partial charge is 0.386 e. The Morgan fingerprint density at radius 3 is 2.39 bits per heavy atom. The van der Waals surface area contributed by atoms with Crippen molar-refractivity contribution in [3.05, 3.63) is 17.0 Å². The Balaban J connectivity index is 2.21. The van der Waals surface area contributed by atoms with Gasteiger partial charge in [0.25, 0.3) is 0 Å². The van der Waals surface area contributed by atoms with Crippen molar-refractivity contribution >= 4 is 41.5 Å². The van der Waals surface area contributed by atoms with Crippen LogP contribution in [-0.4, -0.2) is 63.8 Å². The number of phosphoric ester groups is 1. The lowest BCUT2D eigenvalue weighted by molar-refractivity contribution is -0.0914. The number of nitrogens with two attached hydrogens (primary N) is 1. The quantitative estimate of drug-likeness (QED) is 0.125. The molecule has 0 radical (unpaired) electrons. The van der Waals surface area contributed by atoms with Crippen molar-refractivity contribution in [3.8, 4) is 12.3 Å². The van der Waals surface area contributed by atoms with Gasteiger partial charge in [0.15, 0.2) is 11.8 Å². The van der Waals surface area contributed by atoms with Gasteiger partial charge in [-0.05, 0) is 18.3 Å². The number of aromatic nitrogens is 2. The third kappa shape index (κ3) is 6.48. The summed E-state index contributed by atoms with van der Waals surface area (Å²) in [4.78, 5) is 39.5. The lowest BCUT2D eigenvalue weighted by Crippen LogP contribution is -2.45. The molecule has 8 N–H and O–H groups in total. The average Bonchev–Trinajstić information content (AvgIpc) is 2.82. The molecule has 1 aromatic heterocycles. The van der Waals surface area contributed by atoms with Gasteiger partial charge in [-0.25, -0.2) is 18.7 Å². The fourth-order valence-corrected chi connectivity index (χ4v) is 5.71. The van der Waals surface area contributed by atoms with E-state index in [0.29, 0.717) is 0 Å². The van der Waals surface area contributed by atoms with E-state index in [0.717, 1.165) is 4.57 Å². The zero-order valence-corrected chi connectivity index (χ0v) is 18.4. The number of ether oxygens (including phenoxy) is 1. The maximum atomic E-state index is 11.9. The summed E-state index contributed by atoms with van der Waals surface area (Å²) >= 11 is 4.98. The fourth-order valence-electron chi connectivity index (χ4n) is 2.39. The predicted molar refractivity (Wildman–Crippen MR) is 101 cm³/mol. The number of hydrogen-bond donors (Lipinski definition) is 7. The number of terminal acetylenes is 1. The monoisotopic (exact) mass is 523 g/mol. The third-order valence-electron chi connectivity index (χ3n) is 3.65. The first-order valence-corrected chi connectivity index (χ1v) is 12.6. The SMILES string of the molecule is C#C[C@]1(COP(=O)(O)OP(=O)(O)OP(=O)(O)O)O[C@@H](n2ccc(N)nc2=S)[C@@H](O)C1O. The molecule has 0 spiro atoms. The highest BCUT2D eigenvalue weighted by atomic mass is 32.1. The maximum absolute atomic E-state index is 11.9. The number of anilines is 1. The minimum Gasteiger partial charge on any atom is -0.386 e. The van der Waals surface area contributed by atoms with Crippen molar-refractivity contribution in [1.82, 2.24) is 9.55 Å². The number of aliphatic hydroxyl groups is 2. The van der Waals surface area contributed by atoms with Gasteiger partial charge < -0.3 is 40.3 Å². The molecule has 2 rings (SSSR count). The van der Waals surface area contributed by atoms with Crippen LogP contribution < -0.4 is 5.73 Å². The van der Waals surface area contributed by atoms with Gasteiger partial charge in [-0.15, -0.1) is 6.42 Å². The largest absolute Gasteiger partial charge is 0.490 e. The summed E-state index contributed by atoms with van der Waals surface area (Å²) in [5, 5.41) is 20.6. The molecule has 1 saturated heterocycles. The van der Waals surface area contributed by atoms with E-state index >= 15 is 0 Å². The molecule has 6 atom stereocenters. The van der Waals surface area contributed by atoms with Gasteiger partial charge >= 0.3 is 23.5 Å². The molecule has 0 bridgehead atoms. The van der Waals surface area contributed by atoms with E-state index in [2.05, 4.69) is 18.1 Å². The molecule has 0 saturated carbocycles. The van der Waals surface area contributed by atoms with Crippen LogP contribution in [0, 0.1) is 17.1 Å². The number of aliphatic hydroxyl groups excluding tert-OH is 2. The number of hydrogen-bond acceptors (Lipinski definition) is 12. The Morgan fingerprint density at radius 1 is 1.26 bits per heavy atom. The second kappa shape index (κ2) is 9.06. The van der Waals surface area contributed by atoms with Crippen LogP contribution in [0.3, 0.4) is 0 Å². The first kappa shape index (κ1) is 26.2. The van der Waals surface area contributed by atoms with E-state index in [1.807, 2.05) is 5.92 Å². The van der Waals surface area contributed by atoms with Crippen molar-refractivity contribution in [3.63, 3.8) is 0 Å². The summed E-state index contributed by atoms with van der Waals surface area (Å²) in [6.45, 7) is -1.20. The molecule has 0 amide bonds. The Kier molecular flexibility index (Phi) is 7.66. The molecule has 1 aliphatic heterocycles. The molecule has 174 valence electrons. The van der Waals surface area contributed by atoms with Crippen molar-refractivity contribution in [2.45, 2.75) is 24.0 Å². The van der Waals surface area contributed by atoms with Crippen molar-refractivity contribution < 1.29 is 61.4 Å². The van der Waals surface area contributed by atoms with E-state index < -0.39 is 54.1 Å². The van der Waals surface area contributed by atoms with E-state index in [4.69, 9.17) is 43.8 Å². The predicted octanol–water partition coefficient (Wildman–Crippen LogP) is -0.839. The minimum atomic E-state index is -5.77. The van der Waals surface area contributed by atoms with Crippen LogP contribution in [0.15, 0.2) is 12.3 Å². The van der Waals surface area contributed by atoms with E-state index in [1.165, 1.54) is 12.3 Å². The van der Waals surface area contributed by atoms with Gasteiger partial charge in [0.2, 0.25) is 4.77 Å². The number of rotatable bonds is 8. The molecular formula is C11H16N3O13P3S. The maximum Gasteiger partial charge on any atom is 0.490 e. The summed E-state index contributed by atoms with van der Waals surface area (Å²) in [5.74, 6) is 1.98. The average molecular weight is 523 g/mol. The van der Waals surface area contributed by atoms with Crippen LogP contribution in [0.4, 0.5) is 5.82 Å². The number of nitrogen functional groups attached to an aromatic ring is 1. The first-order chi connectivity index (χ1) is 14.0. The standard InChI is InChI=1S/C11H16N3O13P3S/c1-2-11(5-24-29(20,21)27-30(22,23)26-28(17,18)19)8(16)7(15)9(25-11)14-4-3-6(12)13-10(14)31/h1,3-4,7-9,15-16H,5H2,(H,20,21)(H,22,23)(H2,12,13,31)(H2,17,18,19)/t7-,8?,9+,11+/m0/s1. The molecule has 3 unspecified atom stereocenters. The lowest BCUT2D eigenvalue weighted by Gasteiger charge is -2.27. The van der Waals surface area contributed by atoms with Crippen molar-refractivity contribution in [2.75, 3.05) is 12.3 Å². The van der Waals surface area contributed by atoms with Crippen molar-refractivity contribution in [1.29, 1.82) is 0 Å². The Labute approximate surface area is 178 Å². The highest BCUT2D eigenvalue weighted by Crippen LogP contribution is 2.66. The Bertz CT molecular complexity index is 1080. The molecule has 0 aliphatic carbocycles. The molecule has 2 heterocycles. The van der Waals surface area contributed by atoms with Crippen LogP contribution in [0.5, 0.6) is 0 Å². The van der Waals surface area contributed by atoms with E-state index in [1.54, 1.807) is 0 Å². The second-order valence-corrected chi connectivity index (χ2v) is 10.7. The normalized spacial score (nSPS) is 30.3. The van der Waals surface area contributed by atoms with Crippen LogP contribution in [0.25, 0.3) is 0 Å². The van der Waals surface area contributed by atoms with Gasteiger partial charge in [0, 0.05) is 6.20 Å². The number of nitrogens with zero attached hydrogens (tertiary/aromatic N) is 2. The van der Waals surface area contributed by atoms with Gasteiger partial charge in [0.1, 0.15) is 24.6 Å². The van der Waals surface area contributed by atoms with Gasteiger partial charge in [-0.2, -0.15) is 8.62 Å². The Hall–Kier alpha value is -1.05. The summed E-state index contributed by atoms with van der Waals surface area (Å²) in [6, 6.07) is 1.29. The first-order valence-electron chi connectivity index (χ1n) is 7.66. The van der Waals surface area contributed by atoms with Crippen LogP contribution in [0.2, 0.25) is 0 Å². The highest BCUT2D eigenvalue weighted by molar-refractivity contribution is 7.71. The molecule has 31 heavy (non-hydrogen) atoms. The molecule has 16 nitrogen and oxygen atoms in total. The van der Waals surface area contributed by atoms with E-state index in [9.17, 15) is 28.8 Å². The van der Waals surface area contributed by atoms with Gasteiger partial charge in [0.05, 0.1) is 0 Å². The summed E-state index contributed by atoms with van der Waals surface area (Å²) < 4.78 is 51.8. The van der Waals surface area contributed by atoms with E-state index in [-0.39, 0.29) is 10.6 Å². The molecule has 1 aromatic rings. The van der Waals surface area contributed by atoms with Gasteiger partial charge in [-0.1, -0.05) is 5.92 Å². The summed E-state index contributed by atoms with van der Waals surface area (Å²) in [5.41, 5.74) is 3.18. The topological polar surface area (TPSA) is 253 Å². The van der Waals surface area contributed by atoms with Crippen LogP contribution in [0.1, 0.15) is 6.23 Å². The Morgan fingerprint density at radius 2 is 1.87 bits per heavy atom. The van der Waals surface area contributed by atoms with Crippen molar-refractivity contribution in [2.24, 2.45) is 0 Å². The zero-order chi connectivity index (χ0) is 23.8.